The Labute approximate surface area is 186 Å². The van der Waals surface area contributed by atoms with Crippen LogP contribution in [-0.4, -0.2) is 23.5 Å². The zero-order chi connectivity index (χ0) is 21.5. The van der Waals surface area contributed by atoms with Crippen LogP contribution in [-0.2, 0) is 0 Å². The van der Waals surface area contributed by atoms with Crippen molar-refractivity contribution in [1.82, 2.24) is 5.32 Å². The van der Waals surface area contributed by atoms with Gasteiger partial charge in [0.15, 0.2) is 15.5 Å². The van der Waals surface area contributed by atoms with Crippen molar-refractivity contribution in [1.29, 1.82) is 0 Å². The molecule has 30 heavy (non-hydrogen) atoms. The van der Waals surface area contributed by atoms with E-state index < -0.39 is 5.91 Å². The third-order valence-corrected chi connectivity index (χ3v) is 4.50. The van der Waals surface area contributed by atoms with Gasteiger partial charge in [0.1, 0.15) is 5.75 Å². The molecule has 0 unspecified atom stereocenters. The van der Waals surface area contributed by atoms with Gasteiger partial charge < -0.3 is 19.8 Å². The monoisotopic (exact) mass is 487 g/mol. The lowest BCUT2D eigenvalue weighted by Gasteiger charge is -2.13. The first-order valence-corrected chi connectivity index (χ1v) is 10.2. The molecule has 0 radical (unpaired) electrons. The Hall–Kier alpha value is -3.17. The number of anilines is 2. The SMILES string of the molecule is CCOc1ccc(NC(=O)c2ccccc2NC(=S)NC(=O)c2ccc(Br)o2)cc1. The van der Waals surface area contributed by atoms with Crippen LogP contribution in [0.2, 0.25) is 0 Å². The molecular weight excluding hydrogens is 470 g/mol. The summed E-state index contributed by atoms with van der Waals surface area (Å²) in [5, 5.41) is 8.25. The average Bonchev–Trinajstić information content (AvgIpc) is 3.16. The summed E-state index contributed by atoms with van der Waals surface area (Å²) in [6, 6.07) is 17.0. The second kappa shape index (κ2) is 10.0. The average molecular weight is 488 g/mol. The highest BCUT2D eigenvalue weighted by molar-refractivity contribution is 9.10. The van der Waals surface area contributed by atoms with Gasteiger partial charge in [0.2, 0.25) is 0 Å². The molecule has 3 N–H and O–H groups in total. The Morgan fingerprint density at radius 1 is 1.00 bits per heavy atom. The van der Waals surface area contributed by atoms with E-state index in [0.717, 1.165) is 5.75 Å². The Balaban J connectivity index is 1.66. The molecule has 0 saturated heterocycles. The molecule has 0 aliphatic heterocycles. The highest BCUT2D eigenvalue weighted by atomic mass is 79.9. The maximum atomic E-state index is 12.7. The van der Waals surface area contributed by atoms with Crippen LogP contribution in [0, 0.1) is 0 Å². The summed E-state index contributed by atoms with van der Waals surface area (Å²) in [5.74, 6) is -0.00401. The summed E-state index contributed by atoms with van der Waals surface area (Å²) in [5.41, 5.74) is 1.44. The number of nitrogens with one attached hydrogen (secondary N) is 3. The van der Waals surface area contributed by atoms with Crippen LogP contribution in [0.3, 0.4) is 0 Å². The third-order valence-electron chi connectivity index (χ3n) is 3.87. The van der Waals surface area contributed by atoms with Crippen LogP contribution in [0.4, 0.5) is 11.4 Å². The van der Waals surface area contributed by atoms with E-state index in [1.807, 2.05) is 6.92 Å². The molecule has 3 aromatic rings. The van der Waals surface area contributed by atoms with Gasteiger partial charge in [-0.1, -0.05) is 12.1 Å². The molecule has 0 spiro atoms. The number of furan rings is 1. The quantitative estimate of drug-likeness (QED) is 0.431. The lowest BCUT2D eigenvalue weighted by molar-refractivity contribution is 0.0949. The summed E-state index contributed by atoms with van der Waals surface area (Å²) in [6.07, 6.45) is 0. The van der Waals surface area contributed by atoms with E-state index in [2.05, 4.69) is 31.9 Å². The van der Waals surface area contributed by atoms with Crippen LogP contribution < -0.4 is 20.7 Å². The first-order valence-electron chi connectivity index (χ1n) is 8.97. The van der Waals surface area contributed by atoms with Gasteiger partial charge in [-0.15, -0.1) is 0 Å². The number of rotatable bonds is 6. The number of ether oxygens (including phenoxy) is 1. The van der Waals surface area contributed by atoms with E-state index in [1.165, 1.54) is 6.07 Å². The molecule has 2 amide bonds. The molecule has 3 rings (SSSR count). The fraction of sp³-hybridized carbons (Fsp3) is 0.0952. The van der Waals surface area contributed by atoms with E-state index in [0.29, 0.717) is 28.2 Å². The molecule has 0 aliphatic carbocycles. The van der Waals surface area contributed by atoms with Gasteiger partial charge >= 0.3 is 0 Å². The molecule has 1 heterocycles. The fourth-order valence-electron chi connectivity index (χ4n) is 2.54. The van der Waals surface area contributed by atoms with Gasteiger partial charge in [0.05, 0.1) is 17.9 Å². The van der Waals surface area contributed by atoms with Crippen molar-refractivity contribution in [2.75, 3.05) is 17.2 Å². The smallest absolute Gasteiger partial charge is 0.293 e. The predicted octanol–water partition coefficient (Wildman–Crippen LogP) is 4.82. The largest absolute Gasteiger partial charge is 0.494 e. The number of hydrogen-bond donors (Lipinski definition) is 3. The fourth-order valence-corrected chi connectivity index (χ4v) is 3.05. The molecule has 1 aromatic heterocycles. The van der Waals surface area contributed by atoms with Crippen molar-refractivity contribution >= 4 is 56.4 Å². The molecule has 0 saturated carbocycles. The molecular formula is C21H18BrN3O4S. The number of halogens is 1. The maximum absolute atomic E-state index is 12.7. The first-order chi connectivity index (χ1) is 14.5. The van der Waals surface area contributed by atoms with Crippen molar-refractivity contribution in [3.8, 4) is 5.75 Å². The molecule has 7 nitrogen and oxygen atoms in total. The number of thiocarbonyl (C=S) groups is 1. The van der Waals surface area contributed by atoms with Gasteiger partial charge in [-0.05, 0) is 83.6 Å². The highest BCUT2D eigenvalue weighted by Gasteiger charge is 2.15. The van der Waals surface area contributed by atoms with Crippen LogP contribution in [0.25, 0.3) is 0 Å². The number of carbonyl (C=O) groups is 2. The minimum atomic E-state index is -0.505. The van der Waals surface area contributed by atoms with Gasteiger partial charge in [0.25, 0.3) is 11.8 Å². The zero-order valence-electron chi connectivity index (χ0n) is 15.9. The van der Waals surface area contributed by atoms with Crippen molar-refractivity contribution in [2.45, 2.75) is 6.92 Å². The van der Waals surface area contributed by atoms with E-state index in [-0.39, 0.29) is 16.8 Å². The Bertz CT molecular complexity index is 1070. The topological polar surface area (TPSA) is 92.6 Å². The summed E-state index contributed by atoms with van der Waals surface area (Å²) in [4.78, 5) is 24.9. The summed E-state index contributed by atoms with van der Waals surface area (Å²) >= 11 is 8.33. The zero-order valence-corrected chi connectivity index (χ0v) is 18.3. The van der Waals surface area contributed by atoms with Crippen molar-refractivity contribution < 1.29 is 18.7 Å². The van der Waals surface area contributed by atoms with Crippen LogP contribution in [0.1, 0.15) is 27.8 Å². The maximum Gasteiger partial charge on any atom is 0.293 e. The molecule has 154 valence electrons. The van der Waals surface area contributed by atoms with Crippen LogP contribution in [0.15, 0.2) is 69.8 Å². The number of para-hydroxylation sites is 1. The molecule has 9 heteroatoms. The number of hydrogen-bond acceptors (Lipinski definition) is 5. The molecule has 0 bridgehead atoms. The lowest BCUT2D eigenvalue weighted by Crippen LogP contribution is -2.34. The van der Waals surface area contributed by atoms with Crippen molar-refractivity contribution in [3.05, 3.63) is 76.7 Å². The minimum absolute atomic E-state index is 0.0360. The van der Waals surface area contributed by atoms with Crippen LogP contribution in [0.5, 0.6) is 5.75 Å². The second-order valence-electron chi connectivity index (χ2n) is 5.97. The highest BCUT2D eigenvalue weighted by Crippen LogP contribution is 2.20. The van der Waals surface area contributed by atoms with Gasteiger partial charge in [-0.25, -0.2) is 0 Å². The first kappa shape index (κ1) is 21.5. The minimum Gasteiger partial charge on any atom is -0.494 e. The standard InChI is InChI=1S/C21H18BrN3O4S/c1-2-28-14-9-7-13(8-10-14)23-19(26)15-5-3-4-6-16(15)24-21(30)25-20(27)17-11-12-18(22)29-17/h3-12H,2H2,1H3,(H,23,26)(H2,24,25,27,30). The Morgan fingerprint density at radius 3 is 2.40 bits per heavy atom. The number of carbonyl (C=O) groups excluding carboxylic acids is 2. The van der Waals surface area contributed by atoms with Gasteiger partial charge in [-0.2, -0.15) is 0 Å². The molecule has 0 atom stereocenters. The number of amides is 2. The van der Waals surface area contributed by atoms with Crippen molar-refractivity contribution in [3.63, 3.8) is 0 Å². The molecule has 2 aromatic carbocycles. The summed E-state index contributed by atoms with van der Waals surface area (Å²) in [6.45, 7) is 2.47. The van der Waals surface area contributed by atoms with E-state index in [1.54, 1.807) is 54.6 Å². The lowest BCUT2D eigenvalue weighted by atomic mass is 10.1. The third kappa shape index (κ3) is 5.68. The molecule has 0 aliphatic rings. The van der Waals surface area contributed by atoms with Gasteiger partial charge in [0, 0.05) is 5.69 Å². The number of benzene rings is 2. The predicted molar refractivity (Wildman–Crippen MR) is 122 cm³/mol. The summed E-state index contributed by atoms with van der Waals surface area (Å²) < 4.78 is 11.0. The second-order valence-corrected chi connectivity index (χ2v) is 7.16. The van der Waals surface area contributed by atoms with Gasteiger partial charge in [-0.3, -0.25) is 14.9 Å². The van der Waals surface area contributed by atoms with E-state index in [9.17, 15) is 9.59 Å². The normalized spacial score (nSPS) is 10.2. The molecule has 0 fully saturated rings. The van der Waals surface area contributed by atoms with Crippen LogP contribution >= 0.6 is 28.1 Å². The van der Waals surface area contributed by atoms with Crippen molar-refractivity contribution in [2.24, 2.45) is 0 Å². The Kier molecular flexibility index (Phi) is 7.21. The Morgan fingerprint density at radius 2 is 1.73 bits per heavy atom. The van der Waals surface area contributed by atoms with E-state index in [4.69, 9.17) is 21.4 Å². The summed E-state index contributed by atoms with van der Waals surface area (Å²) in [7, 11) is 0. The van der Waals surface area contributed by atoms with E-state index >= 15 is 0 Å².